The lowest BCUT2D eigenvalue weighted by atomic mass is 10.1. The van der Waals surface area contributed by atoms with Crippen molar-refractivity contribution in [3.05, 3.63) is 40.7 Å². The molecule has 1 heterocycles. The molecule has 1 aromatic carbocycles. The first-order valence-corrected chi connectivity index (χ1v) is 6.19. The number of fused-ring (bicyclic) bond motifs is 1. The molecule has 2 aromatic rings. The smallest absolute Gasteiger partial charge is 0.277 e. The van der Waals surface area contributed by atoms with Gasteiger partial charge in [0.2, 0.25) is 0 Å². The van der Waals surface area contributed by atoms with Crippen LogP contribution in [0.15, 0.2) is 30.6 Å². The molecule has 0 radical (unpaired) electrons. The Labute approximate surface area is 115 Å². The third-order valence-corrected chi connectivity index (χ3v) is 3.14. The standard InChI is InChI=1S/C13H16N4O3/c1-8(18)11(14)7-16-12-2-3-13(17(19)20)9-4-5-15-6-10(9)12/h2-6,8,11,16,18H,7,14H2,1H3. The molecule has 0 saturated carbocycles. The fourth-order valence-corrected chi connectivity index (χ4v) is 1.89. The summed E-state index contributed by atoms with van der Waals surface area (Å²) in [6.07, 6.45) is 2.45. The predicted octanol–water partition coefficient (Wildman–Crippen LogP) is 1.26. The zero-order valence-corrected chi connectivity index (χ0v) is 11.0. The topological polar surface area (TPSA) is 114 Å². The van der Waals surface area contributed by atoms with Crippen molar-refractivity contribution in [1.82, 2.24) is 4.98 Å². The Morgan fingerprint density at radius 3 is 2.85 bits per heavy atom. The molecule has 1 aromatic heterocycles. The van der Waals surface area contributed by atoms with Gasteiger partial charge < -0.3 is 16.2 Å². The van der Waals surface area contributed by atoms with E-state index in [9.17, 15) is 15.2 Å². The highest BCUT2D eigenvalue weighted by molar-refractivity contribution is 5.99. The van der Waals surface area contributed by atoms with Gasteiger partial charge >= 0.3 is 0 Å². The zero-order chi connectivity index (χ0) is 14.7. The maximum absolute atomic E-state index is 11.0. The second kappa shape index (κ2) is 5.81. The fourth-order valence-electron chi connectivity index (χ4n) is 1.89. The van der Waals surface area contributed by atoms with Gasteiger partial charge in [-0.1, -0.05) is 0 Å². The summed E-state index contributed by atoms with van der Waals surface area (Å²) in [5.41, 5.74) is 6.49. The largest absolute Gasteiger partial charge is 0.392 e. The van der Waals surface area contributed by atoms with Crippen LogP contribution in [0.5, 0.6) is 0 Å². The molecular weight excluding hydrogens is 260 g/mol. The number of aliphatic hydroxyl groups excluding tert-OH is 1. The average molecular weight is 276 g/mol. The summed E-state index contributed by atoms with van der Waals surface area (Å²) < 4.78 is 0. The molecule has 0 aliphatic heterocycles. The Hall–Kier alpha value is -2.25. The monoisotopic (exact) mass is 276 g/mol. The molecule has 0 spiro atoms. The van der Waals surface area contributed by atoms with Crippen LogP contribution in [0.25, 0.3) is 10.8 Å². The van der Waals surface area contributed by atoms with Gasteiger partial charge in [-0.3, -0.25) is 15.1 Å². The number of pyridine rings is 1. The lowest BCUT2D eigenvalue weighted by Crippen LogP contribution is -2.38. The van der Waals surface area contributed by atoms with Crippen LogP contribution in [-0.2, 0) is 0 Å². The SMILES string of the molecule is CC(O)C(N)CNc1ccc([N+](=O)[O-])c2ccncc12. The number of non-ortho nitro benzene ring substituents is 1. The zero-order valence-electron chi connectivity index (χ0n) is 11.0. The van der Waals surface area contributed by atoms with Crippen LogP contribution in [0.1, 0.15) is 6.92 Å². The Bertz CT molecular complexity index is 630. The first-order chi connectivity index (χ1) is 9.50. The maximum Gasteiger partial charge on any atom is 0.277 e. The van der Waals surface area contributed by atoms with Gasteiger partial charge in [0.25, 0.3) is 5.69 Å². The number of aromatic nitrogens is 1. The van der Waals surface area contributed by atoms with E-state index >= 15 is 0 Å². The van der Waals surface area contributed by atoms with Crippen LogP contribution in [-0.4, -0.2) is 33.7 Å². The molecule has 2 unspecified atom stereocenters. The van der Waals surface area contributed by atoms with Crippen molar-refractivity contribution >= 4 is 22.1 Å². The molecule has 0 amide bonds. The van der Waals surface area contributed by atoms with Crippen molar-refractivity contribution in [3.8, 4) is 0 Å². The second-order valence-corrected chi connectivity index (χ2v) is 4.60. The molecule has 0 bridgehead atoms. The maximum atomic E-state index is 11.0. The molecule has 4 N–H and O–H groups in total. The Balaban J connectivity index is 2.36. The van der Waals surface area contributed by atoms with Crippen LogP contribution >= 0.6 is 0 Å². The number of anilines is 1. The van der Waals surface area contributed by atoms with Gasteiger partial charge in [-0.05, 0) is 19.1 Å². The van der Waals surface area contributed by atoms with Gasteiger partial charge in [-0.15, -0.1) is 0 Å². The van der Waals surface area contributed by atoms with Gasteiger partial charge in [0.15, 0.2) is 0 Å². The van der Waals surface area contributed by atoms with Gasteiger partial charge in [-0.2, -0.15) is 0 Å². The number of benzene rings is 1. The Morgan fingerprint density at radius 1 is 1.45 bits per heavy atom. The van der Waals surface area contributed by atoms with E-state index in [4.69, 9.17) is 5.73 Å². The minimum Gasteiger partial charge on any atom is -0.392 e. The molecule has 0 saturated heterocycles. The quantitative estimate of drug-likeness (QED) is 0.559. The lowest BCUT2D eigenvalue weighted by Gasteiger charge is -2.17. The Kier molecular flexibility index (Phi) is 4.11. The summed E-state index contributed by atoms with van der Waals surface area (Å²) in [6.45, 7) is 1.97. The first-order valence-electron chi connectivity index (χ1n) is 6.19. The Morgan fingerprint density at radius 2 is 2.20 bits per heavy atom. The normalized spacial score (nSPS) is 13.9. The summed E-state index contributed by atoms with van der Waals surface area (Å²) in [5, 5.41) is 24.6. The summed E-state index contributed by atoms with van der Waals surface area (Å²) in [4.78, 5) is 14.6. The van der Waals surface area contributed by atoms with E-state index in [2.05, 4.69) is 10.3 Å². The van der Waals surface area contributed by atoms with Crippen LogP contribution in [0, 0.1) is 10.1 Å². The predicted molar refractivity (Wildman–Crippen MR) is 76.5 cm³/mol. The van der Waals surface area contributed by atoms with Crippen molar-refractivity contribution in [2.24, 2.45) is 5.73 Å². The highest BCUT2D eigenvalue weighted by Crippen LogP contribution is 2.30. The third-order valence-electron chi connectivity index (χ3n) is 3.14. The lowest BCUT2D eigenvalue weighted by molar-refractivity contribution is -0.383. The summed E-state index contributed by atoms with van der Waals surface area (Å²) in [7, 11) is 0. The third kappa shape index (κ3) is 2.84. The summed E-state index contributed by atoms with van der Waals surface area (Å²) in [6, 6.07) is 4.25. The van der Waals surface area contributed by atoms with E-state index in [1.54, 1.807) is 25.3 Å². The number of nitrogens with two attached hydrogens (primary N) is 1. The van der Waals surface area contributed by atoms with E-state index in [0.29, 0.717) is 23.0 Å². The minimum atomic E-state index is -0.634. The second-order valence-electron chi connectivity index (χ2n) is 4.60. The van der Waals surface area contributed by atoms with Crippen molar-refractivity contribution in [1.29, 1.82) is 0 Å². The highest BCUT2D eigenvalue weighted by Gasteiger charge is 2.15. The van der Waals surface area contributed by atoms with Crippen LogP contribution in [0.3, 0.4) is 0 Å². The molecule has 7 nitrogen and oxygen atoms in total. The van der Waals surface area contributed by atoms with Gasteiger partial charge in [-0.25, -0.2) is 0 Å². The first kappa shape index (κ1) is 14.2. The number of rotatable bonds is 5. The number of hydrogen-bond donors (Lipinski definition) is 3. The van der Waals surface area contributed by atoms with Crippen molar-refractivity contribution in [3.63, 3.8) is 0 Å². The highest BCUT2D eigenvalue weighted by atomic mass is 16.6. The van der Waals surface area contributed by atoms with Crippen molar-refractivity contribution < 1.29 is 10.0 Å². The van der Waals surface area contributed by atoms with E-state index < -0.39 is 17.1 Å². The molecular formula is C13H16N4O3. The van der Waals surface area contributed by atoms with Crippen LogP contribution in [0.2, 0.25) is 0 Å². The number of nitro benzene ring substituents is 1. The van der Waals surface area contributed by atoms with Gasteiger partial charge in [0, 0.05) is 42.1 Å². The average Bonchev–Trinajstić information content (AvgIpc) is 2.43. The van der Waals surface area contributed by atoms with E-state index in [1.165, 1.54) is 12.3 Å². The molecule has 106 valence electrons. The molecule has 0 fully saturated rings. The fraction of sp³-hybridized carbons (Fsp3) is 0.308. The molecule has 2 rings (SSSR count). The van der Waals surface area contributed by atoms with Crippen LogP contribution < -0.4 is 11.1 Å². The summed E-state index contributed by atoms with van der Waals surface area (Å²) >= 11 is 0. The number of nitro groups is 1. The van der Waals surface area contributed by atoms with Crippen molar-refractivity contribution in [2.75, 3.05) is 11.9 Å². The summed E-state index contributed by atoms with van der Waals surface area (Å²) in [5.74, 6) is 0. The molecule has 2 atom stereocenters. The minimum absolute atomic E-state index is 0.0350. The van der Waals surface area contributed by atoms with Gasteiger partial charge in [0.05, 0.1) is 16.4 Å². The number of nitrogens with zero attached hydrogens (tertiary/aromatic N) is 2. The molecule has 0 aliphatic rings. The number of hydrogen-bond acceptors (Lipinski definition) is 6. The van der Waals surface area contributed by atoms with E-state index in [0.717, 1.165) is 0 Å². The number of aliphatic hydroxyl groups is 1. The van der Waals surface area contributed by atoms with Gasteiger partial charge in [0.1, 0.15) is 0 Å². The molecule has 0 aliphatic carbocycles. The van der Waals surface area contributed by atoms with Crippen LogP contribution in [0.4, 0.5) is 11.4 Å². The molecule has 7 heteroatoms. The van der Waals surface area contributed by atoms with E-state index in [-0.39, 0.29) is 5.69 Å². The molecule has 20 heavy (non-hydrogen) atoms. The number of nitrogens with one attached hydrogen (secondary N) is 1. The van der Waals surface area contributed by atoms with E-state index in [1.807, 2.05) is 0 Å². The van der Waals surface area contributed by atoms with Crippen molar-refractivity contribution in [2.45, 2.75) is 19.1 Å².